The van der Waals surface area contributed by atoms with Crippen molar-refractivity contribution in [3.05, 3.63) is 71.1 Å². The van der Waals surface area contributed by atoms with E-state index in [2.05, 4.69) is 50.5 Å². The minimum Gasteiger partial charge on any atom is -0.355 e. The van der Waals surface area contributed by atoms with Crippen molar-refractivity contribution in [2.24, 2.45) is 0 Å². The zero-order chi connectivity index (χ0) is 19.9. The molecule has 0 bridgehead atoms. The van der Waals surface area contributed by atoms with Crippen LogP contribution in [0.1, 0.15) is 29.0 Å². The first kappa shape index (κ1) is 17.8. The van der Waals surface area contributed by atoms with Crippen LogP contribution in [0.15, 0.2) is 60.4 Å². The van der Waals surface area contributed by atoms with E-state index in [9.17, 15) is 0 Å². The first-order valence-electron chi connectivity index (χ1n) is 10.4. The second-order valence-electron chi connectivity index (χ2n) is 8.03. The molecule has 2 aliphatic rings. The highest BCUT2D eigenvalue weighted by Gasteiger charge is 2.35. The third-order valence-corrected chi connectivity index (χ3v) is 7.11. The summed E-state index contributed by atoms with van der Waals surface area (Å²) in [5, 5.41) is 4.48. The van der Waals surface area contributed by atoms with Crippen LogP contribution in [0.2, 0.25) is 0 Å². The number of para-hydroxylation sites is 1. The molecule has 150 valence electrons. The van der Waals surface area contributed by atoms with Gasteiger partial charge in [0.1, 0.15) is 5.82 Å². The van der Waals surface area contributed by atoms with Crippen LogP contribution in [0, 0.1) is 0 Å². The van der Waals surface area contributed by atoms with Gasteiger partial charge in [-0.15, -0.1) is 11.3 Å². The molecule has 0 N–H and O–H groups in total. The van der Waals surface area contributed by atoms with E-state index in [1.54, 1.807) is 11.3 Å². The lowest BCUT2D eigenvalue weighted by atomic mass is 9.95. The van der Waals surface area contributed by atoms with Crippen LogP contribution in [0.4, 0.5) is 11.6 Å². The fraction of sp³-hybridized carbons (Fsp3) is 0.304. The van der Waals surface area contributed by atoms with Crippen molar-refractivity contribution in [3.8, 4) is 0 Å². The van der Waals surface area contributed by atoms with Gasteiger partial charge >= 0.3 is 0 Å². The molecule has 0 spiro atoms. The minimum absolute atomic E-state index is 0.390. The quantitative estimate of drug-likeness (QED) is 0.502. The Morgan fingerprint density at radius 1 is 0.833 bits per heavy atom. The number of fused-ring (bicyclic) bond motifs is 1. The normalized spacial score (nSPS) is 19.4. The van der Waals surface area contributed by atoms with Crippen LogP contribution in [0.5, 0.6) is 0 Å². The van der Waals surface area contributed by atoms with Gasteiger partial charge in [0, 0.05) is 67.4 Å². The maximum Gasteiger partial charge on any atom is 0.150 e. The molecular formula is C23H22N6S. The first-order valence-corrected chi connectivity index (χ1v) is 11.3. The Kier molecular flexibility index (Phi) is 4.34. The molecule has 6 nitrogen and oxygen atoms in total. The van der Waals surface area contributed by atoms with E-state index < -0.39 is 0 Å². The van der Waals surface area contributed by atoms with Crippen LogP contribution in [-0.4, -0.2) is 46.1 Å². The molecule has 2 aliphatic heterocycles. The van der Waals surface area contributed by atoms with Crippen molar-refractivity contribution in [2.75, 3.05) is 36.0 Å². The summed E-state index contributed by atoms with van der Waals surface area (Å²) in [4.78, 5) is 23.6. The molecule has 4 aromatic rings. The van der Waals surface area contributed by atoms with Crippen molar-refractivity contribution in [1.82, 2.24) is 19.9 Å². The number of hydrogen-bond acceptors (Lipinski definition) is 7. The summed E-state index contributed by atoms with van der Waals surface area (Å²) >= 11 is 1.75. The predicted molar refractivity (Wildman–Crippen MR) is 120 cm³/mol. The zero-order valence-electron chi connectivity index (χ0n) is 16.6. The number of hydrogen-bond donors (Lipinski definition) is 0. The summed E-state index contributed by atoms with van der Waals surface area (Å²) in [6.07, 6.45) is 6.67. The number of benzene rings is 1. The Morgan fingerprint density at radius 3 is 2.60 bits per heavy atom. The Bertz CT molecular complexity index is 1170. The first-order chi connectivity index (χ1) is 14.8. The number of pyridine rings is 1. The van der Waals surface area contributed by atoms with Crippen LogP contribution in [-0.2, 0) is 0 Å². The molecule has 0 radical (unpaired) electrons. The van der Waals surface area contributed by atoms with Gasteiger partial charge in [-0.2, -0.15) is 0 Å². The van der Waals surface area contributed by atoms with Gasteiger partial charge < -0.3 is 9.80 Å². The Balaban J connectivity index is 1.19. The number of nitrogens with zero attached hydrogens (tertiary/aromatic N) is 6. The third-order valence-electron chi connectivity index (χ3n) is 6.17. The van der Waals surface area contributed by atoms with Gasteiger partial charge in [0.05, 0.1) is 16.2 Å². The third kappa shape index (κ3) is 3.10. The van der Waals surface area contributed by atoms with Gasteiger partial charge in [-0.1, -0.05) is 18.2 Å². The average molecular weight is 415 g/mol. The SMILES string of the molecule is c1ccc2nc(N3CC(c4nccnc4N4CCC(c5nccs5)C4)C3)ccc2c1. The fourth-order valence-electron chi connectivity index (χ4n) is 4.53. The second kappa shape index (κ2) is 7.32. The molecular weight excluding hydrogens is 392 g/mol. The van der Waals surface area contributed by atoms with Crippen LogP contribution in [0.25, 0.3) is 10.9 Å². The van der Waals surface area contributed by atoms with Gasteiger partial charge in [0.25, 0.3) is 0 Å². The molecule has 1 unspecified atom stereocenters. The summed E-state index contributed by atoms with van der Waals surface area (Å²) in [7, 11) is 0. The molecule has 3 aromatic heterocycles. The molecule has 1 aromatic carbocycles. The number of anilines is 2. The summed E-state index contributed by atoms with van der Waals surface area (Å²) < 4.78 is 0. The summed E-state index contributed by atoms with van der Waals surface area (Å²) in [6, 6.07) is 12.5. The fourth-order valence-corrected chi connectivity index (χ4v) is 5.30. The Morgan fingerprint density at radius 2 is 1.70 bits per heavy atom. The van der Waals surface area contributed by atoms with E-state index in [0.717, 1.165) is 55.4 Å². The highest BCUT2D eigenvalue weighted by molar-refractivity contribution is 7.09. The molecule has 5 heterocycles. The van der Waals surface area contributed by atoms with Crippen molar-refractivity contribution in [2.45, 2.75) is 18.3 Å². The van der Waals surface area contributed by atoms with Crippen LogP contribution < -0.4 is 9.80 Å². The molecule has 2 fully saturated rings. The monoisotopic (exact) mass is 414 g/mol. The standard InChI is InChI=1S/C23H22N6S/c1-2-4-19-16(3-1)5-6-20(27-19)29-14-18(15-29)21-22(25-9-8-24-21)28-11-7-17(13-28)23-26-10-12-30-23/h1-6,8-10,12,17-18H,7,11,13-15H2. The lowest BCUT2D eigenvalue weighted by Gasteiger charge is -2.40. The van der Waals surface area contributed by atoms with Gasteiger partial charge in [0.2, 0.25) is 0 Å². The molecule has 7 heteroatoms. The molecule has 0 saturated carbocycles. The second-order valence-corrected chi connectivity index (χ2v) is 8.96. The summed E-state index contributed by atoms with van der Waals surface area (Å²) in [6.45, 7) is 3.85. The highest BCUT2D eigenvalue weighted by Crippen LogP contribution is 2.37. The van der Waals surface area contributed by atoms with E-state index in [4.69, 9.17) is 15.0 Å². The molecule has 30 heavy (non-hydrogen) atoms. The molecule has 2 saturated heterocycles. The van der Waals surface area contributed by atoms with E-state index >= 15 is 0 Å². The zero-order valence-corrected chi connectivity index (χ0v) is 17.4. The molecule has 0 amide bonds. The van der Waals surface area contributed by atoms with Crippen molar-refractivity contribution in [3.63, 3.8) is 0 Å². The van der Waals surface area contributed by atoms with Gasteiger partial charge in [0.15, 0.2) is 5.82 Å². The molecule has 0 aliphatic carbocycles. The lowest BCUT2D eigenvalue weighted by molar-refractivity contribution is 0.507. The predicted octanol–water partition coefficient (Wildman–Crippen LogP) is 4.08. The molecule has 6 rings (SSSR count). The Hall–Kier alpha value is -3.06. The van der Waals surface area contributed by atoms with E-state index in [0.29, 0.717) is 11.8 Å². The van der Waals surface area contributed by atoms with Crippen LogP contribution >= 0.6 is 11.3 Å². The highest BCUT2D eigenvalue weighted by atomic mass is 32.1. The van der Waals surface area contributed by atoms with E-state index in [1.165, 1.54) is 10.4 Å². The molecule has 1 atom stereocenters. The van der Waals surface area contributed by atoms with E-state index in [-0.39, 0.29) is 0 Å². The van der Waals surface area contributed by atoms with Crippen molar-refractivity contribution >= 4 is 33.9 Å². The maximum absolute atomic E-state index is 4.84. The van der Waals surface area contributed by atoms with Gasteiger partial charge in [-0.25, -0.2) is 15.0 Å². The number of thiazole rings is 1. The number of aromatic nitrogens is 4. The minimum atomic E-state index is 0.390. The largest absolute Gasteiger partial charge is 0.355 e. The smallest absolute Gasteiger partial charge is 0.150 e. The van der Waals surface area contributed by atoms with Gasteiger partial charge in [-0.05, 0) is 24.6 Å². The topological polar surface area (TPSA) is 58.0 Å². The van der Waals surface area contributed by atoms with Gasteiger partial charge in [-0.3, -0.25) is 4.98 Å². The van der Waals surface area contributed by atoms with Crippen molar-refractivity contribution in [1.29, 1.82) is 0 Å². The Labute approximate surface area is 179 Å². The summed E-state index contributed by atoms with van der Waals surface area (Å²) in [5.41, 5.74) is 2.17. The number of rotatable bonds is 4. The van der Waals surface area contributed by atoms with Crippen molar-refractivity contribution < 1.29 is 0 Å². The maximum atomic E-state index is 4.84. The summed E-state index contributed by atoms with van der Waals surface area (Å²) in [5.74, 6) is 2.98. The average Bonchev–Trinajstić information content (AvgIpc) is 3.45. The van der Waals surface area contributed by atoms with Crippen LogP contribution in [0.3, 0.4) is 0 Å². The van der Waals surface area contributed by atoms with E-state index in [1.807, 2.05) is 24.7 Å². The lowest BCUT2D eigenvalue weighted by Crippen LogP contribution is -2.46.